The molecule has 0 bridgehead atoms. The minimum absolute atomic E-state index is 0.142. The first kappa shape index (κ1) is 10.7. The van der Waals surface area contributed by atoms with Gasteiger partial charge in [0.2, 0.25) is 0 Å². The van der Waals surface area contributed by atoms with E-state index in [2.05, 4.69) is 34.1 Å². The zero-order valence-electron chi connectivity index (χ0n) is 8.87. The molecule has 0 atom stereocenters. The predicted octanol–water partition coefficient (Wildman–Crippen LogP) is 4.38. The maximum Gasteiger partial charge on any atom is 0.108 e. The number of rotatable bonds is 2. The molecule has 2 aliphatic carbocycles. The van der Waals surface area contributed by atoms with Gasteiger partial charge in [-0.05, 0) is 49.3 Å². The van der Waals surface area contributed by atoms with Crippen molar-refractivity contribution in [1.82, 2.24) is 0 Å². The molecular formula is C13H12BrNS. The molecule has 0 saturated heterocycles. The lowest BCUT2D eigenvalue weighted by Gasteiger charge is -2.42. The third kappa shape index (κ3) is 1.78. The first-order valence-corrected chi connectivity index (χ1v) is 7.12. The van der Waals surface area contributed by atoms with Crippen molar-refractivity contribution >= 4 is 27.7 Å². The van der Waals surface area contributed by atoms with Crippen LogP contribution in [0.3, 0.4) is 0 Å². The van der Waals surface area contributed by atoms with Gasteiger partial charge in [0.1, 0.15) is 4.75 Å². The third-order valence-corrected chi connectivity index (χ3v) is 5.34. The molecule has 0 aromatic heterocycles. The summed E-state index contributed by atoms with van der Waals surface area (Å²) in [5.41, 5.74) is 0.578. The van der Waals surface area contributed by atoms with Crippen molar-refractivity contribution in [2.45, 2.75) is 35.3 Å². The second kappa shape index (κ2) is 3.51. The average molecular weight is 294 g/mol. The van der Waals surface area contributed by atoms with E-state index >= 15 is 0 Å². The lowest BCUT2D eigenvalue weighted by molar-refractivity contribution is 0.251. The minimum atomic E-state index is -0.142. The Labute approximate surface area is 108 Å². The Hall–Kier alpha value is -0.460. The molecule has 0 radical (unpaired) electrons. The van der Waals surface area contributed by atoms with Crippen LogP contribution in [0.4, 0.5) is 0 Å². The average Bonchev–Trinajstić information content (AvgIpc) is 2.97. The molecule has 0 unspecified atom stereocenters. The second-order valence-electron chi connectivity index (χ2n) is 5.02. The number of hydrogen-bond donors (Lipinski definition) is 0. The van der Waals surface area contributed by atoms with Crippen molar-refractivity contribution < 1.29 is 0 Å². The fourth-order valence-electron chi connectivity index (χ4n) is 2.62. The van der Waals surface area contributed by atoms with Gasteiger partial charge in [0.15, 0.2) is 0 Å². The SMILES string of the molecule is N#CC1(Sc2cccc(Br)c2)CC2(CC2)C1. The molecule has 16 heavy (non-hydrogen) atoms. The molecule has 3 rings (SSSR count). The van der Waals surface area contributed by atoms with Gasteiger partial charge in [0.05, 0.1) is 6.07 Å². The molecule has 0 amide bonds. The Morgan fingerprint density at radius 2 is 2.06 bits per heavy atom. The molecule has 2 aliphatic rings. The first-order chi connectivity index (χ1) is 7.65. The number of nitrogens with zero attached hydrogens (tertiary/aromatic N) is 1. The van der Waals surface area contributed by atoms with Gasteiger partial charge in [-0.3, -0.25) is 0 Å². The van der Waals surface area contributed by atoms with Gasteiger partial charge >= 0.3 is 0 Å². The maximum absolute atomic E-state index is 9.34. The van der Waals surface area contributed by atoms with Crippen LogP contribution in [0.5, 0.6) is 0 Å². The van der Waals surface area contributed by atoms with Gasteiger partial charge in [-0.15, -0.1) is 11.8 Å². The molecule has 2 saturated carbocycles. The molecule has 0 aliphatic heterocycles. The predicted molar refractivity (Wildman–Crippen MR) is 69.2 cm³/mol. The zero-order valence-corrected chi connectivity index (χ0v) is 11.3. The van der Waals surface area contributed by atoms with Crippen LogP contribution in [0.15, 0.2) is 33.6 Å². The molecule has 3 heteroatoms. The van der Waals surface area contributed by atoms with Crippen molar-refractivity contribution in [2.24, 2.45) is 5.41 Å². The van der Waals surface area contributed by atoms with Crippen molar-refractivity contribution in [3.63, 3.8) is 0 Å². The van der Waals surface area contributed by atoms with Gasteiger partial charge in [-0.25, -0.2) is 0 Å². The highest BCUT2D eigenvalue weighted by Crippen LogP contribution is 2.69. The largest absolute Gasteiger partial charge is 0.197 e. The van der Waals surface area contributed by atoms with E-state index in [4.69, 9.17) is 0 Å². The zero-order chi connectivity index (χ0) is 11.2. The maximum atomic E-state index is 9.34. The quantitative estimate of drug-likeness (QED) is 0.808. The second-order valence-corrected chi connectivity index (χ2v) is 7.39. The topological polar surface area (TPSA) is 23.8 Å². The van der Waals surface area contributed by atoms with Gasteiger partial charge in [-0.2, -0.15) is 5.26 Å². The molecule has 2 fully saturated rings. The third-order valence-electron chi connectivity index (χ3n) is 3.59. The highest BCUT2D eigenvalue weighted by Gasteiger charge is 2.61. The van der Waals surface area contributed by atoms with Crippen molar-refractivity contribution in [2.75, 3.05) is 0 Å². The van der Waals surface area contributed by atoms with E-state index in [1.54, 1.807) is 11.8 Å². The fraction of sp³-hybridized carbons (Fsp3) is 0.462. The van der Waals surface area contributed by atoms with Gasteiger partial charge < -0.3 is 0 Å². The highest BCUT2D eigenvalue weighted by molar-refractivity contribution is 9.10. The number of hydrogen-bond acceptors (Lipinski definition) is 2. The molecule has 0 N–H and O–H groups in total. The van der Waals surface area contributed by atoms with Crippen LogP contribution in [0.25, 0.3) is 0 Å². The van der Waals surface area contributed by atoms with Crippen molar-refractivity contribution in [1.29, 1.82) is 5.26 Å². The normalized spacial score (nSPS) is 23.5. The fourth-order valence-corrected chi connectivity index (χ4v) is 4.76. The van der Waals surface area contributed by atoms with E-state index in [0.29, 0.717) is 5.41 Å². The molecular weight excluding hydrogens is 282 g/mol. The number of thioether (sulfide) groups is 1. The van der Waals surface area contributed by atoms with E-state index in [-0.39, 0.29) is 4.75 Å². The summed E-state index contributed by atoms with van der Waals surface area (Å²) >= 11 is 5.21. The van der Waals surface area contributed by atoms with Crippen molar-refractivity contribution in [3.05, 3.63) is 28.7 Å². The van der Waals surface area contributed by atoms with Crippen LogP contribution >= 0.6 is 27.7 Å². The van der Waals surface area contributed by atoms with Crippen LogP contribution in [0.1, 0.15) is 25.7 Å². The Morgan fingerprint density at radius 1 is 1.31 bits per heavy atom. The number of halogens is 1. The van der Waals surface area contributed by atoms with E-state index in [1.165, 1.54) is 17.7 Å². The van der Waals surface area contributed by atoms with Crippen LogP contribution in [0, 0.1) is 16.7 Å². The Morgan fingerprint density at radius 3 is 2.62 bits per heavy atom. The summed E-state index contributed by atoms with van der Waals surface area (Å²) in [5.74, 6) is 0. The van der Waals surface area contributed by atoms with Gasteiger partial charge in [0, 0.05) is 9.37 Å². The van der Waals surface area contributed by atoms with E-state index in [0.717, 1.165) is 17.3 Å². The van der Waals surface area contributed by atoms with E-state index < -0.39 is 0 Å². The lowest BCUT2D eigenvalue weighted by atomic mass is 9.72. The number of benzene rings is 1. The molecule has 1 aromatic rings. The van der Waals surface area contributed by atoms with E-state index in [1.807, 2.05) is 12.1 Å². The van der Waals surface area contributed by atoms with Gasteiger partial charge in [-0.1, -0.05) is 22.0 Å². The molecule has 0 heterocycles. The standard InChI is InChI=1S/C13H12BrNS/c14-10-2-1-3-11(6-10)16-13(9-15)7-12(8-13)4-5-12/h1-3,6H,4-5,7-8H2. The highest BCUT2D eigenvalue weighted by atomic mass is 79.9. The molecule has 1 nitrogen and oxygen atoms in total. The summed E-state index contributed by atoms with van der Waals surface area (Å²) in [5, 5.41) is 9.34. The van der Waals surface area contributed by atoms with E-state index in [9.17, 15) is 5.26 Å². The Kier molecular flexibility index (Phi) is 2.35. The van der Waals surface area contributed by atoms with Crippen molar-refractivity contribution in [3.8, 4) is 6.07 Å². The number of nitriles is 1. The first-order valence-electron chi connectivity index (χ1n) is 5.51. The summed E-state index contributed by atoms with van der Waals surface area (Å²) in [6.45, 7) is 0. The van der Waals surface area contributed by atoms with Crippen LogP contribution in [-0.4, -0.2) is 4.75 Å². The molecule has 1 aromatic carbocycles. The molecule has 1 spiro atoms. The summed E-state index contributed by atoms with van der Waals surface area (Å²) in [6.07, 6.45) is 4.87. The Bertz CT molecular complexity index is 465. The lowest BCUT2D eigenvalue weighted by Crippen LogP contribution is -2.40. The Balaban J connectivity index is 1.76. The summed E-state index contributed by atoms with van der Waals surface area (Å²) in [4.78, 5) is 1.20. The monoisotopic (exact) mass is 293 g/mol. The summed E-state index contributed by atoms with van der Waals surface area (Å²) < 4.78 is 0.947. The molecule has 82 valence electrons. The van der Waals surface area contributed by atoms with Crippen LogP contribution in [-0.2, 0) is 0 Å². The smallest absolute Gasteiger partial charge is 0.108 e. The summed E-state index contributed by atoms with van der Waals surface area (Å²) in [6, 6.07) is 10.8. The van der Waals surface area contributed by atoms with Gasteiger partial charge in [0.25, 0.3) is 0 Å². The van der Waals surface area contributed by atoms with Crippen LogP contribution in [0.2, 0.25) is 0 Å². The van der Waals surface area contributed by atoms with Crippen LogP contribution < -0.4 is 0 Å². The summed E-state index contributed by atoms with van der Waals surface area (Å²) in [7, 11) is 0. The minimum Gasteiger partial charge on any atom is -0.197 e.